The van der Waals surface area contributed by atoms with Crippen molar-refractivity contribution in [2.75, 3.05) is 6.61 Å². The maximum Gasteiger partial charge on any atom is 0.469 e. The van der Waals surface area contributed by atoms with E-state index >= 15 is 0 Å². The van der Waals surface area contributed by atoms with E-state index in [1.54, 1.807) is 12.1 Å². The van der Waals surface area contributed by atoms with Crippen LogP contribution in [0.1, 0.15) is 6.23 Å². The van der Waals surface area contributed by atoms with Crippen molar-refractivity contribution in [2.24, 2.45) is 0 Å². The summed E-state index contributed by atoms with van der Waals surface area (Å²) in [7, 11) is -4.78. The zero-order chi connectivity index (χ0) is 19.2. The van der Waals surface area contributed by atoms with Gasteiger partial charge in [-0.2, -0.15) is 0 Å². The number of phosphoric ester groups is 1. The van der Waals surface area contributed by atoms with Crippen LogP contribution in [0.5, 0.6) is 0 Å². The number of hydrogen-bond donors (Lipinski definition) is 4. The first-order valence-corrected chi connectivity index (χ1v) is 9.59. The normalized spacial score (nSPS) is 26.5. The van der Waals surface area contributed by atoms with Crippen molar-refractivity contribution in [1.82, 2.24) is 4.57 Å². The summed E-state index contributed by atoms with van der Waals surface area (Å²) in [5.41, 5.74) is -0.609. The lowest BCUT2D eigenvalue weighted by Crippen LogP contribution is -2.35. The Kier molecular flexibility index (Phi) is 5.47. The number of ether oxygens (including phenoxy) is 1. The highest BCUT2D eigenvalue weighted by Gasteiger charge is 2.45. The third-order valence-corrected chi connectivity index (χ3v) is 5.30. The fraction of sp³-hybridized carbons (Fsp3) is 0.357. The van der Waals surface area contributed by atoms with Crippen LogP contribution in [0.3, 0.4) is 0 Å². The lowest BCUT2D eigenvalue weighted by atomic mass is 10.1. The third-order valence-electron chi connectivity index (χ3n) is 4.01. The number of aliphatic hydroxyl groups is 2. The molecule has 9 nitrogen and oxygen atoms in total. The van der Waals surface area contributed by atoms with E-state index in [4.69, 9.17) is 37.7 Å². The summed E-state index contributed by atoms with van der Waals surface area (Å²) in [4.78, 5) is 30.2. The Morgan fingerprint density at radius 1 is 1.19 bits per heavy atom. The van der Waals surface area contributed by atoms with Crippen molar-refractivity contribution in [3.63, 3.8) is 0 Å². The molecule has 4 N–H and O–H groups in total. The topological polar surface area (TPSA) is 138 Å². The average Bonchev–Trinajstić information content (AvgIpc) is 2.84. The zero-order valence-electron chi connectivity index (χ0n) is 12.9. The van der Waals surface area contributed by atoms with E-state index in [1.165, 1.54) is 12.3 Å². The van der Waals surface area contributed by atoms with Gasteiger partial charge in [-0.1, -0.05) is 29.3 Å². The Morgan fingerprint density at radius 2 is 1.88 bits per heavy atom. The maximum atomic E-state index is 12.8. The predicted octanol–water partition coefficient (Wildman–Crippen LogP) is 1.04. The first kappa shape index (κ1) is 19.8. The molecule has 3 rings (SSSR count). The van der Waals surface area contributed by atoms with Gasteiger partial charge in [-0.25, -0.2) is 4.57 Å². The number of benzene rings is 1. The molecule has 0 amide bonds. The molecule has 0 aliphatic carbocycles. The number of phosphoric acid groups is 1. The van der Waals surface area contributed by atoms with E-state index in [0.717, 1.165) is 4.57 Å². The molecule has 1 saturated heterocycles. The van der Waals surface area contributed by atoms with Crippen molar-refractivity contribution in [2.45, 2.75) is 24.5 Å². The molecule has 0 saturated carbocycles. The minimum atomic E-state index is -4.78. The summed E-state index contributed by atoms with van der Waals surface area (Å²) in [6.07, 6.45) is -4.26. The van der Waals surface area contributed by atoms with Crippen LogP contribution in [0.2, 0.25) is 10.0 Å². The molecule has 1 aromatic carbocycles. The molecule has 2 aromatic rings. The van der Waals surface area contributed by atoms with Gasteiger partial charge in [0.25, 0.3) is 5.56 Å². The predicted molar refractivity (Wildman–Crippen MR) is 92.1 cm³/mol. The highest BCUT2D eigenvalue weighted by molar-refractivity contribution is 7.46. The zero-order valence-corrected chi connectivity index (χ0v) is 15.3. The third kappa shape index (κ3) is 3.68. The summed E-state index contributed by atoms with van der Waals surface area (Å²) in [5, 5.41) is 21.1. The van der Waals surface area contributed by atoms with Crippen molar-refractivity contribution in [3.05, 3.63) is 44.8 Å². The molecule has 26 heavy (non-hydrogen) atoms. The molecule has 4 atom stereocenters. The molecule has 2 heterocycles. The molecule has 0 bridgehead atoms. The quantitative estimate of drug-likeness (QED) is 0.532. The lowest BCUT2D eigenvalue weighted by Gasteiger charge is -2.18. The summed E-state index contributed by atoms with van der Waals surface area (Å²) in [6.45, 7) is -0.673. The number of fused-ring (bicyclic) bond motifs is 1. The van der Waals surface area contributed by atoms with Gasteiger partial charge in [0.2, 0.25) is 0 Å². The van der Waals surface area contributed by atoms with Gasteiger partial charge in [0.1, 0.15) is 18.3 Å². The van der Waals surface area contributed by atoms with Crippen LogP contribution in [0.15, 0.2) is 29.2 Å². The Morgan fingerprint density at radius 3 is 2.54 bits per heavy atom. The van der Waals surface area contributed by atoms with Crippen LogP contribution in [0, 0.1) is 0 Å². The molecule has 1 aromatic heterocycles. The molecule has 142 valence electrons. The summed E-state index contributed by atoms with van der Waals surface area (Å²) in [6, 6.07) is 4.70. The second kappa shape index (κ2) is 7.20. The van der Waals surface area contributed by atoms with Crippen molar-refractivity contribution < 1.29 is 33.8 Å². The molecule has 1 aliphatic rings. The Balaban J connectivity index is 1.96. The van der Waals surface area contributed by atoms with E-state index in [2.05, 4.69) is 4.52 Å². The van der Waals surface area contributed by atoms with E-state index in [9.17, 15) is 19.6 Å². The molecule has 1 fully saturated rings. The van der Waals surface area contributed by atoms with Gasteiger partial charge in [-0.3, -0.25) is 13.9 Å². The number of halogens is 2. The second-order valence-corrected chi connectivity index (χ2v) is 7.71. The SMILES string of the molecule is O=c1c2c(Cl)c(Cl)ccc2ccn1[C@@H]1O[C@H](COP(=O)(O)O)[C@H](O)[C@H]1O. The molecule has 0 radical (unpaired) electrons. The van der Waals surface area contributed by atoms with E-state index < -0.39 is 44.5 Å². The molecule has 1 aliphatic heterocycles. The van der Waals surface area contributed by atoms with Gasteiger partial charge in [0.05, 0.1) is 22.0 Å². The minimum absolute atomic E-state index is 0.0398. The largest absolute Gasteiger partial charge is 0.469 e. The van der Waals surface area contributed by atoms with E-state index in [-0.39, 0.29) is 15.4 Å². The number of nitrogens with zero attached hydrogens (tertiary/aromatic N) is 1. The van der Waals surface area contributed by atoms with Crippen LogP contribution in [-0.4, -0.2) is 49.5 Å². The maximum absolute atomic E-state index is 12.8. The van der Waals surface area contributed by atoms with Crippen LogP contribution in [0.4, 0.5) is 0 Å². The van der Waals surface area contributed by atoms with Crippen LogP contribution in [0.25, 0.3) is 10.8 Å². The first-order chi connectivity index (χ1) is 12.1. The van der Waals surface area contributed by atoms with Crippen molar-refractivity contribution in [1.29, 1.82) is 0 Å². The van der Waals surface area contributed by atoms with Gasteiger partial charge < -0.3 is 24.7 Å². The molecule has 12 heteroatoms. The van der Waals surface area contributed by atoms with Gasteiger partial charge >= 0.3 is 7.82 Å². The van der Waals surface area contributed by atoms with Crippen LogP contribution < -0.4 is 5.56 Å². The fourth-order valence-electron chi connectivity index (χ4n) is 2.75. The number of aliphatic hydroxyl groups excluding tert-OH is 2. The Hall–Kier alpha value is -1.00. The summed E-state index contributed by atoms with van der Waals surface area (Å²) >= 11 is 12.0. The molecule has 0 unspecified atom stereocenters. The second-order valence-electron chi connectivity index (χ2n) is 5.69. The fourth-order valence-corrected chi connectivity index (χ4v) is 3.50. The first-order valence-electron chi connectivity index (χ1n) is 7.30. The van der Waals surface area contributed by atoms with E-state index in [0.29, 0.717) is 5.39 Å². The molecular weight excluding hydrogens is 412 g/mol. The van der Waals surface area contributed by atoms with Gasteiger partial charge in [-0.15, -0.1) is 0 Å². The smallest absolute Gasteiger partial charge is 0.387 e. The van der Waals surface area contributed by atoms with Gasteiger partial charge in [0.15, 0.2) is 6.23 Å². The molecule has 0 spiro atoms. The number of pyridine rings is 1. The number of hydrogen-bond acceptors (Lipinski definition) is 6. The lowest BCUT2D eigenvalue weighted by molar-refractivity contribution is -0.0534. The van der Waals surface area contributed by atoms with Gasteiger partial charge in [-0.05, 0) is 17.5 Å². The van der Waals surface area contributed by atoms with Gasteiger partial charge in [0, 0.05) is 6.20 Å². The van der Waals surface area contributed by atoms with E-state index in [1.807, 2.05) is 0 Å². The highest BCUT2D eigenvalue weighted by Crippen LogP contribution is 2.38. The number of aromatic nitrogens is 1. The molecular formula is C14H14Cl2NO8P. The van der Waals surface area contributed by atoms with Crippen molar-refractivity contribution in [3.8, 4) is 0 Å². The van der Waals surface area contributed by atoms with Crippen molar-refractivity contribution >= 4 is 41.8 Å². The monoisotopic (exact) mass is 425 g/mol. The number of rotatable bonds is 4. The minimum Gasteiger partial charge on any atom is -0.387 e. The van der Waals surface area contributed by atoms with Crippen LogP contribution in [-0.2, 0) is 13.8 Å². The van der Waals surface area contributed by atoms with Crippen LogP contribution >= 0.6 is 31.0 Å². The standard InChI is InChI=1S/C14H14Cl2NO8P/c15-7-2-1-6-3-4-17(13(20)9(6)10(7)16)14-12(19)11(18)8(25-14)5-24-26(21,22)23/h1-4,8,11-12,14,18-19H,5H2,(H2,21,22,23)/t8-,11+,12-,14-/m1/s1. The summed E-state index contributed by atoms with van der Waals surface area (Å²) in [5.74, 6) is 0. The Bertz CT molecular complexity index is 944. The summed E-state index contributed by atoms with van der Waals surface area (Å²) < 4.78 is 21.5. The average molecular weight is 426 g/mol. The highest BCUT2D eigenvalue weighted by atomic mass is 35.5. The Labute approximate surface area is 156 Å².